The highest BCUT2D eigenvalue weighted by Gasteiger charge is 2.23. The number of para-hydroxylation sites is 1. The highest BCUT2D eigenvalue weighted by molar-refractivity contribution is 6.14. The first-order valence-electron chi connectivity index (χ1n) is 5.78. The molecule has 1 N–H and O–H groups in total. The first-order chi connectivity index (χ1) is 8.66. The van der Waals surface area contributed by atoms with E-state index in [-0.39, 0.29) is 5.91 Å². The molecule has 0 radical (unpaired) electrons. The molecule has 0 fully saturated rings. The van der Waals surface area contributed by atoms with Crippen molar-refractivity contribution in [1.29, 1.82) is 0 Å². The molecule has 1 aliphatic rings. The molecule has 0 aliphatic carbocycles. The minimum Gasteiger partial charge on any atom is -0.361 e. The van der Waals surface area contributed by atoms with E-state index in [4.69, 9.17) is 0 Å². The van der Waals surface area contributed by atoms with Crippen molar-refractivity contribution in [1.82, 2.24) is 9.88 Å². The molecule has 1 aromatic heterocycles. The lowest BCUT2D eigenvalue weighted by Crippen LogP contribution is -2.25. The van der Waals surface area contributed by atoms with Crippen molar-refractivity contribution < 1.29 is 4.79 Å². The molecule has 0 spiro atoms. The fourth-order valence-electron chi connectivity index (χ4n) is 2.07. The quantitative estimate of drug-likeness (QED) is 0.763. The molecule has 0 saturated heterocycles. The van der Waals surface area contributed by atoms with Gasteiger partial charge < -0.3 is 4.98 Å². The number of fused-ring (bicyclic) bond motifs is 1. The molecule has 4 nitrogen and oxygen atoms in total. The van der Waals surface area contributed by atoms with Gasteiger partial charge in [0.15, 0.2) is 0 Å². The predicted molar refractivity (Wildman–Crippen MR) is 72.2 cm³/mol. The Morgan fingerprint density at radius 2 is 2.11 bits per heavy atom. The first kappa shape index (κ1) is 10.8. The molecule has 0 bridgehead atoms. The van der Waals surface area contributed by atoms with E-state index < -0.39 is 0 Å². The topological polar surface area (TPSA) is 48.5 Å². The van der Waals surface area contributed by atoms with Crippen LogP contribution in [0.25, 0.3) is 17.0 Å². The van der Waals surface area contributed by atoms with Crippen molar-refractivity contribution in [2.45, 2.75) is 6.92 Å². The summed E-state index contributed by atoms with van der Waals surface area (Å²) in [7, 11) is 1.73. The van der Waals surface area contributed by atoms with Gasteiger partial charge in [0.25, 0.3) is 5.91 Å². The highest BCUT2D eigenvalue weighted by Crippen LogP contribution is 2.23. The van der Waals surface area contributed by atoms with Gasteiger partial charge in [-0.2, -0.15) is 0 Å². The number of amidine groups is 1. The first-order valence-corrected chi connectivity index (χ1v) is 5.78. The average Bonchev–Trinajstić information content (AvgIpc) is 2.89. The molecule has 1 aliphatic heterocycles. The largest absolute Gasteiger partial charge is 0.361 e. The average molecular weight is 239 g/mol. The second-order valence-corrected chi connectivity index (χ2v) is 4.34. The summed E-state index contributed by atoms with van der Waals surface area (Å²) < 4.78 is 0. The van der Waals surface area contributed by atoms with Gasteiger partial charge in [0.2, 0.25) is 0 Å². The van der Waals surface area contributed by atoms with E-state index in [2.05, 4.69) is 9.98 Å². The Morgan fingerprint density at radius 3 is 2.83 bits per heavy atom. The maximum Gasteiger partial charge on any atom is 0.277 e. The third-order valence-corrected chi connectivity index (χ3v) is 3.20. The smallest absolute Gasteiger partial charge is 0.277 e. The Morgan fingerprint density at radius 1 is 1.33 bits per heavy atom. The van der Waals surface area contributed by atoms with Crippen LogP contribution in [-0.2, 0) is 4.79 Å². The number of carbonyl (C=O) groups excluding carboxylic acids is 1. The number of carbonyl (C=O) groups is 1. The van der Waals surface area contributed by atoms with Gasteiger partial charge >= 0.3 is 0 Å². The summed E-state index contributed by atoms with van der Waals surface area (Å²) in [6.45, 7) is 1.83. The van der Waals surface area contributed by atoms with Crippen molar-refractivity contribution in [3.05, 3.63) is 41.7 Å². The van der Waals surface area contributed by atoms with E-state index in [0.29, 0.717) is 5.70 Å². The van der Waals surface area contributed by atoms with Gasteiger partial charge in [0.1, 0.15) is 11.5 Å². The molecule has 90 valence electrons. The Kier molecular flexibility index (Phi) is 2.30. The number of hydrogen-bond acceptors (Lipinski definition) is 2. The Labute approximate surface area is 105 Å². The Bertz CT molecular complexity index is 694. The molecule has 0 saturated carbocycles. The van der Waals surface area contributed by atoms with Gasteiger partial charge in [-0.1, -0.05) is 18.2 Å². The number of aromatic nitrogens is 1. The molecule has 0 atom stereocenters. The number of nitrogens with zero attached hydrogens (tertiary/aromatic N) is 2. The Hall–Kier alpha value is -2.36. The fraction of sp³-hybridized carbons (Fsp3) is 0.143. The van der Waals surface area contributed by atoms with Gasteiger partial charge in [0.05, 0.1) is 0 Å². The summed E-state index contributed by atoms with van der Waals surface area (Å²) in [4.78, 5) is 20.9. The number of likely N-dealkylation sites (N-methyl/N-ethyl adjacent to an activating group) is 1. The zero-order valence-corrected chi connectivity index (χ0v) is 10.3. The van der Waals surface area contributed by atoms with Crippen molar-refractivity contribution in [2.24, 2.45) is 4.99 Å². The van der Waals surface area contributed by atoms with Gasteiger partial charge in [-0.15, -0.1) is 0 Å². The summed E-state index contributed by atoms with van der Waals surface area (Å²) in [6, 6.07) is 7.99. The van der Waals surface area contributed by atoms with E-state index in [1.165, 1.54) is 0 Å². The number of hydrogen-bond donors (Lipinski definition) is 1. The maximum absolute atomic E-state index is 11.9. The summed E-state index contributed by atoms with van der Waals surface area (Å²) in [5, 5.41) is 1.10. The molecule has 0 unspecified atom stereocenters. The molecular weight excluding hydrogens is 226 g/mol. The van der Waals surface area contributed by atoms with E-state index >= 15 is 0 Å². The van der Waals surface area contributed by atoms with Crippen molar-refractivity contribution in [3.8, 4) is 0 Å². The zero-order valence-electron chi connectivity index (χ0n) is 10.3. The molecule has 1 amide bonds. The lowest BCUT2D eigenvalue weighted by atomic mass is 10.1. The van der Waals surface area contributed by atoms with Crippen LogP contribution < -0.4 is 0 Å². The molecule has 4 heteroatoms. The third kappa shape index (κ3) is 1.54. The monoisotopic (exact) mass is 239 g/mol. The minimum atomic E-state index is -0.0576. The van der Waals surface area contributed by atoms with Gasteiger partial charge in [-0.05, 0) is 19.1 Å². The fourth-order valence-corrected chi connectivity index (χ4v) is 2.07. The van der Waals surface area contributed by atoms with Crippen LogP contribution >= 0.6 is 0 Å². The van der Waals surface area contributed by atoms with Gasteiger partial charge in [-0.25, -0.2) is 4.99 Å². The van der Waals surface area contributed by atoms with E-state index in [0.717, 1.165) is 22.3 Å². The van der Waals surface area contributed by atoms with Crippen molar-refractivity contribution >= 4 is 28.7 Å². The lowest BCUT2D eigenvalue weighted by Gasteiger charge is -2.05. The van der Waals surface area contributed by atoms with Crippen LogP contribution in [0, 0.1) is 0 Å². The molecule has 1 aromatic carbocycles. The maximum atomic E-state index is 11.9. The number of rotatable bonds is 1. The summed E-state index contributed by atoms with van der Waals surface area (Å²) >= 11 is 0. The normalized spacial score (nSPS) is 17.9. The van der Waals surface area contributed by atoms with E-state index in [1.807, 2.05) is 43.5 Å². The molecule has 2 aromatic rings. The highest BCUT2D eigenvalue weighted by atomic mass is 16.2. The number of nitrogens with one attached hydrogen (secondary N) is 1. The van der Waals surface area contributed by atoms with E-state index in [1.54, 1.807) is 11.9 Å². The minimum absolute atomic E-state index is 0.0576. The van der Waals surface area contributed by atoms with Gasteiger partial charge in [0, 0.05) is 29.7 Å². The zero-order chi connectivity index (χ0) is 12.7. The second-order valence-electron chi connectivity index (χ2n) is 4.34. The summed E-state index contributed by atoms with van der Waals surface area (Å²) in [5.41, 5.74) is 2.53. The standard InChI is InChI=1S/C14H13N3O/c1-9-16-13(14(18)17(9)2)7-10-8-15-12-6-4-3-5-11(10)12/h3-8,15H,1-2H3. The number of amides is 1. The van der Waals surface area contributed by atoms with Crippen LogP contribution in [-0.4, -0.2) is 28.7 Å². The predicted octanol–water partition coefficient (Wildman–Crippen LogP) is 2.40. The van der Waals surface area contributed by atoms with Crippen LogP contribution in [0.15, 0.2) is 41.2 Å². The van der Waals surface area contributed by atoms with Crippen LogP contribution in [0.3, 0.4) is 0 Å². The van der Waals surface area contributed by atoms with Gasteiger partial charge in [-0.3, -0.25) is 9.69 Å². The number of H-pyrrole nitrogens is 1. The SMILES string of the molecule is CC1=NC(=Cc2c[nH]c3ccccc23)C(=O)N1C. The van der Waals surface area contributed by atoms with Crippen LogP contribution in [0.1, 0.15) is 12.5 Å². The molecule has 3 rings (SSSR count). The van der Waals surface area contributed by atoms with Crippen LogP contribution in [0.5, 0.6) is 0 Å². The van der Waals surface area contributed by atoms with E-state index in [9.17, 15) is 4.79 Å². The third-order valence-electron chi connectivity index (χ3n) is 3.20. The summed E-state index contributed by atoms with van der Waals surface area (Å²) in [5.74, 6) is 0.670. The Balaban J connectivity index is 2.10. The summed E-state index contributed by atoms with van der Waals surface area (Å²) in [6.07, 6.45) is 3.72. The number of benzene rings is 1. The van der Waals surface area contributed by atoms with Crippen LogP contribution in [0.2, 0.25) is 0 Å². The molecule has 18 heavy (non-hydrogen) atoms. The molecular formula is C14H13N3O. The number of aromatic amines is 1. The van der Waals surface area contributed by atoms with Crippen LogP contribution in [0.4, 0.5) is 0 Å². The second kappa shape index (κ2) is 3.84. The number of aliphatic imine (C=N–C) groups is 1. The molecule has 2 heterocycles. The van der Waals surface area contributed by atoms with Crippen molar-refractivity contribution in [3.63, 3.8) is 0 Å². The lowest BCUT2D eigenvalue weighted by molar-refractivity contribution is -0.121. The van der Waals surface area contributed by atoms with Crippen molar-refractivity contribution in [2.75, 3.05) is 7.05 Å².